The number of hydrogen-bond acceptors (Lipinski definition) is 0. The van der Waals surface area contributed by atoms with E-state index < -0.39 is 9.67 Å². The Morgan fingerprint density at radius 1 is 0.846 bits per heavy atom. The van der Waals surface area contributed by atoms with E-state index in [0.717, 1.165) is 12.8 Å². The zero-order valence-electron chi connectivity index (χ0n) is 7.78. The zero-order chi connectivity index (χ0) is 10.3. The Balaban J connectivity index is 3.58. The SMILES string of the molecule is CCCCCCC(C(Cl)Cl)C(Cl)Cl. The van der Waals surface area contributed by atoms with Crippen LogP contribution >= 0.6 is 46.4 Å². The first-order chi connectivity index (χ1) is 6.09. The summed E-state index contributed by atoms with van der Waals surface area (Å²) < 4.78 is 0. The normalized spacial score (nSPS) is 12.0. The molecule has 0 saturated heterocycles. The molecule has 0 spiro atoms. The molecule has 0 saturated carbocycles. The fraction of sp³-hybridized carbons (Fsp3) is 1.00. The lowest BCUT2D eigenvalue weighted by Crippen LogP contribution is -2.16. The van der Waals surface area contributed by atoms with Crippen LogP contribution in [0, 0.1) is 5.92 Å². The van der Waals surface area contributed by atoms with Gasteiger partial charge in [0, 0.05) is 5.92 Å². The van der Waals surface area contributed by atoms with Gasteiger partial charge in [0.2, 0.25) is 0 Å². The van der Waals surface area contributed by atoms with E-state index in [2.05, 4.69) is 6.92 Å². The number of halogens is 4. The third kappa shape index (κ3) is 7.13. The van der Waals surface area contributed by atoms with Crippen molar-refractivity contribution < 1.29 is 0 Å². The van der Waals surface area contributed by atoms with Crippen molar-refractivity contribution in [1.82, 2.24) is 0 Å². The van der Waals surface area contributed by atoms with Gasteiger partial charge in [-0.05, 0) is 6.42 Å². The Bertz CT molecular complexity index is 106. The lowest BCUT2D eigenvalue weighted by molar-refractivity contribution is 0.502. The molecular formula is C9H16Cl4. The minimum atomic E-state index is -0.457. The molecule has 0 aromatic heterocycles. The van der Waals surface area contributed by atoms with E-state index in [4.69, 9.17) is 46.4 Å². The van der Waals surface area contributed by atoms with Crippen LogP contribution in [0.25, 0.3) is 0 Å². The molecule has 0 bridgehead atoms. The average molecular weight is 266 g/mol. The first-order valence-corrected chi connectivity index (χ1v) is 6.40. The van der Waals surface area contributed by atoms with E-state index in [1.165, 1.54) is 19.3 Å². The first kappa shape index (κ1) is 14.2. The van der Waals surface area contributed by atoms with E-state index in [-0.39, 0.29) is 5.92 Å². The fourth-order valence-corrected chi connectivity index (χ4v) is 2.55. The summed E-state index contributed by atoms with van der Waals surface area (Å²) in [6.07, 6.45) is 5.69. The molecule has 13 heavy (non-hydrogen) atoms. The second kappa shape index (κ2) is 8.47. The molecule has 0 N–H and O–H groups in total. The summed E-state index contributed by atoms with van der Waals surface area (Å²) in [5.74, 6) is 0.00326. The van der Waals surface area contributed by atoms with Crippen LogP contribution in [0.2, 0.25) is 0 Å². The van der Waals surface area contributed by atoms with Crippen molar-refractivity contribution in [2.45, 2.75) is 48.7 Å². The zero-order valence-corrected chi connectivity index (χ0v) is 10.8. The second-order valence-corrected chi connectivity index (χ2v) is 5.51. The Morgan fingerprint density at radius 3 is 1.77 bits per heavy atom. The van der Waals surface area contributed by atoms with Crippen molar-refractivity contribution in [3.05, 3.63) is 0 Å². The molecule has 0 nitrogen and oxygen atoms in total. The molecular weight excluding hydrogens is 250 g/mol. The van der Waals surface area contributed by atoms with Crippen molar-refractivity contribution >= 4 is 46.4 Å². The van der Waals surface area contributed by atoms with Crippen molar-refractivity contribution in [3.63, 3.8) is 0 Å². The summed E-state index contributed by atoms with van der Waals surface area (Å²) in [5, 5.41) is 0. The second-order valence-electron chi connectivity index (χ2n) is 3.18. The lowest BCUT2D eigenvalue weighted by Gasteiger charge is -2.18. The Labute approximate surface area is 101 Å². The van der Waals surface area contributed by atoms with Gasteiger partial charge in [0.1, 0.15) is 9.67 Å². The monoisotopic (exact) mass is 264 g/mol. The number of alkyl halides is 4. The van der Waals surface area contributed by atoms with Crippen LogP contribution < -0.4 is 0 Å². The van der Waals surface area contributed by atoms with E-state index in [9.17, 15) is 0 Å². The summed E-state index contributed by atoms with van der Waals surface area (Å²) in [5.41, 5.74) is 0. The third-order valence-corrected chi connectivity index (χ3v) is 3.33. The van der Waals surface area contributed by atoms with Gasteiger partial charge in [0.05, 0.1) is 0 Å². The highest BCUT2D eigenvalue weighted by Gasteiger charge is 2.23. The predicted octanol–water partition coefficient (Wildman–Crippen LogP) is 5.18. The molecule has 0 aliphatic carbocycles. The van der Waals surface area contributed by atoms with Crippen LogP contribution in [0.4, 0.5) is 0 Å². The van der Waals surface area contributed by atoms with Gasteiger partial charge in [-0.2, -0.15) is 0 Å². The van der Waals surface area contributed by atoms with Crippen LogP contribution in [0.5, 0.6) is 0 Å². The van der Waals surface area contributed by atoms with Crippen LogP contribution in [-0.2, 0) is 0 Å². The van der Waals surface area contributed by atoms with Gasteiger partial charge >= 0.3 is 0 Å². The molecule has 0 atom stereocenters. The molecule has 4 heteroatoms. The van der Waals surface area contributed by atoms with Gasteiger partial charge in [-0.25, -0.2) is 0 Å². The standard InChI is InChI=1S/C9H16Cl4/c1-2-3-4-5-6-7(8(10)11)9(12)13/h7-9H,2-6H2,1H3. The van der Waals surface area contributed by atoms with Crippen LogP contribution in [0.3, 0.4) is 0 Å². The molecule has 0 radical (unpaired) electrons. The van der Waals surface area contributed by atoms with Crippen molar-refractivity contribution in [2.24, 2.45) is 5.92 Å². The first-order valence-electron chi connectivity index (χ1n) is 4.65. The molecule has 0 aromatic rings. The van der Waals surface area contributed by atoms with Crippen molar-refractivity contribution in [3.8, 4) is 0 Å². The van der Waals surface area contributed by atoms with E-state index in [1.807, 2.05) is 0 Å². The molecule has 0 aromatic carbocycles. The summed E-state index contributed by atoms with van der Waals surface area (Å²) in [4.78, 5) is -0.914. The smallest absolute Gasteiger partial charge is 0.105 e. The summed E-state index contributed by atoms with van der Waals surface area (Å²) >= 11 is 23.0. The van der Waals surface area contributed by atoms with Gasteiger partial charge < -0.3 is 0 Å². The maximum Gasteiger partial charge on any atom is 0.113 e. The highest BCUT2D eigenvalue weighted by atomic mass is 35.5. The van der Waals surface area contributed by atoms with Crippen molar-refractivity contribution in [1.29, 1.82) is 0 Å². The molecule has 0 fully saturated rings. The van der Waals surface area contributed by atoms with E-state index in [0.29, 0.717) is 0 Å². The fourth-order valence-electron chi connectivity index (χ4n) is 1.17. The van der Waals surface area contributed by atoms with Gasteiger partial charge in [0.15, 0.2) is 0 Å². The van der Waals surface area contributed by atoms with Gasteiger partial charge in [-0.15, -0.1) is 46.4 Å². The van der Waals surface area contributed by atoms with Crippen LogP contribution in [-0.4, -0.2) is 9.67 Å². The maximum absolute atomic E-state index is 5.75. The lowest BCUT2D eigenvalue weighted by atomic mass is 10.0. The minimum absolute atomic E-state index is 0.00326. The van der Waals surface area contributed by atoms with Crippen LogP contribution in [0.1, 0.15) is 39.0 Å². The quantitative estimate of drug-likeness (QED) is 0.440. The van der Waals surface area contributed by atoms with Crippen molar-refractivity contribution in [2.75, 3.05) is 0 Å². The number of unbranched alkanes of at least 4 members (excludes halogenated alkanes) is 3. The average Bonchev–Trinajstić information content (AvgIpc) is 2.02. The number of hydrogen-bond donors (Lipinski definition) is 0. The maximum atomic E-state index is 5.75. The van der Waals surface area contributed by atoms with E-state index >= 15 is 0 Å². The van der Waals surface area contributed by atoms with Gasteiger partial charge in [-0.3, -0.25) is 0 Å². The summed E-state index contributed by atoms with van der Waals surface area (Å²) in [7, 11) is 0. The largest absolute Gasteiger partial charge is 0.113 e. The molecule has 80 valence electrons. The molecule has 0 aliphatic rings. The highest BCUT2D eigenvalue weighted by Crippen LogP contribution is 2.30. The van der Waals surface area contributed by atoms with Crippen LogP contribution in [0.15, 0.2) is 0 Å². The molecule has 0 heterocycles. The summed E-state index contributed by atoms with van der Waals surface area (Å²) in [6.45, 7) is 2.18. The third-order valence-electron chi connectivity index (χ3n) is 2.04. The van der Waals surface area contributed by atoms with Gasteiger partial charge in [0.25, 0.3) is 0 Å². The molecule has 0 aliphatic heterocycles. The summed E-state index contributed by atoms with van der Waals surface area (Å²) in [6, 6.07) is 0. The highest BCUT2D eigenvalue weighted by molar-refractivity contribution is 6.48. The topological polar surface area (TPSA) is 0 Å². The Hall–Kier alpha value is 1.16. The molecule has 0 unspecified atom stereocenters. The number of rotatable bonds is 7. The Kier molecular flexibility index (Phi) is 9.22. The predicted molar refractivity (Wildman–Crippen MR) is 63.2 cm³/mol. The minimum Gasteiger partial charge on any atom is -0.105 e. The van der Waals surface area contributed by atoms with Gasteiger partial charge in [-0.1, -0.05) is 32.6 Å². The molecule has 0 amide bonds. The Morgan fingerprint density at radius 2 is 1.38 bits per heavy atom. The van der Waals surface area contributed by atoms with E-state index in [1.54, 1.807) is 0 Å². The molecule has 0 rings (SSSR count).